The molecular formula is C14H19ClN2O2S. The molecule has 0 spiro atoms. The van der Waals surface area contributed by atoms with Crippen LogP contribution in [0.15, 0.2) is 12.1 Å². The van der Waals surface area contributed by atoms with Crippen molar-refractivity contribution in [1.82, 2.24) is 10.2 Å². The van der Waals surface area contributed by atoms with Gasteiger partial charge in [-0.05, 0) is 32.4 Å². The lowest BCUT2D eigenvalue weighted by Crippen LogP contribution is -2.43. The average molecular weight is 315 g/mol. The fraction of sp³-hybridized carbons (Fsp3) is 0.571. The lowest BCUT2D eigenvalue weighted by Gasteiger charge is -2.22. The predicted octanol–water partition coefficient (Wildman–Crippen LogP) is 2.98. The lowest BCUT2D eigenvalue weighted by atomic mass is 10.2. The van der Waals surface area contributed by atoms with Gasteiger partial charge < -0.3 is 0 Å². The van der Waals surface area contributed by atoms with Crippen molar-refractivity contribution < 1.29 is 9.59 Å². The third-order valence-electron chi connectivity index (χ3n) is 3.69. The van der Waals surface area contributed by atoms with Gasteiger partial charge in [-0.1, -0.05) is 18.5 Å². The minimum Gasteiger partial charge on any atom is -0.298 e. The number of rotatable bonds is 5. The standard InChI is InChI=1S/C14H19ClN2O2S/c1-4-8(2)17-13(18)7-10(14(17)19)16-9(3)11-5-6-12(15)20-11/h5-6,8-10,16H,4,7H2,1-3H3. The van der Waals surface area contributed by atoms with Crippen molar-refractivity contribution in [2.75, 3.05) is 0 Å². The van der Waals surface area contributed by atoms with Crippen LogP contribution in [-0.4, -0.2) is 28.8 Å². The van der Waals surface area contributed by atoms with Crippen molar-refractivity contribution >= 4 is 34.8 Å². The Kier molecular flexibility index (Phi) is 4.83. The zero-order valence-electron chi connectivity index (χ0n) is 11.9. The molecule has 2 rings (SSSR count). The number of carbonyl (C=O) groups is 2. The summed E-state index contributed by atoms with van der Waals surface area (Å²) in [6.45, 7) is 5.86. The van der Waals surface area contributed by atoms with E-state index >= 15 is 0 Å². The Balaban J connectivity index is 2.04. The van der Waals surface area contributed by atoms with Gasteiger partial charge in [-0.3, -0.25) is 19.8 Å². The summed E-state index contributed by atoms with van der Waals surface area (Å²) in [5, 5.41) is 3.24. The van der Waals surface area contributed by atoms with Gasteiger partial charge in [0.05, 0.1) is 16.8 Å². The number of halogens is 1. The number of nitrogens with one attached hydrogen (secondary N) is 1. The van der Waals surface area contributed by atoms with Crippen molar-refractivity contribution in [2.24, 2.45) is 0 Å². The second-order valence-electron chi connectivity index (χ2n) is 5.15. The Hall–Kier alpha value is -0.910. The molecule has 0 bridgehead atoms. The molecule has 2 heterocycles. The van der Waals surface area contributed by atoms with Gasteiger partial charge >= 0.3 is 0 Å². The number of imide groups is 1. The summed E-state index contributed by atoms with van der Waals surface area (Å²) in [4.78, 5) is 26.7. The highest BCUT2D eigenvalue weighted by atomic mass is 35.5. The van der Waals surface area contributed by atoms with E-state index < -0.39 is 6.04 Å². The van der Waals surface area contributed by atoms with Crippen molar-refractivity contribution in [3.05, 3.63) is 21.3 Å². The zero-order chi connectivity index (χ0) is 14.9. The SMILES string of the molecule is CCC(C)N1C(=O)CC(NC(C)c2ccc(Cl)s2)C1=O. The Morgan fingerprint density at radius 2 is 2.15 bits per heavy atom. The number of nitrogens with zero attached hydrogens (tertiary/aromatic N) is 1. The summed E-state index contributed by atoms with van der Waals surface area (Å²) in [5.41, 5.74) is 0. The quantitative estimate of drug-likeness (QED) is 0.850. The van der Waals surface area contributed by atoms with Crippen LogP contribution in [0.1, 0.15) is 44.5 Å². The molecule has 0 radical (unpaired) electrons. The van der Waals surface area contributed by atoms with Crippen LogP contribution >= 0.6 is 22.9 Å². The molecule has 1 aromatic rings. The number of carbonyl (C=O) groups excluding carboxylic acids is 2. The molecule has 0 aliphatic carbocycles. The maximum absolute atomic E-state index is 12.3. The van der Waals surface area contributed by atoms with E-state index in [1.54, 1.807) is 0 Å². The first-order chi connectivity index (χ1) is 9.43. The summed E-state index contributed by atoms with van der Waals surface area (Å²) in [7, 11) is 0. The van der Waals surface area contributed by atoms with Crippen LogP contribution in [0, 0.1) is 0 Å². The number of likely N-dealkylation sites (tertiary alicyclic amines) is 1. The van der Waals surface area contributed by atoms with Crippen LogP contribution in [0.5, 0.6) is 0 Å². The van der Waals surface area contributed by atoms with E-state index in [0.717, 1.165) is 15.6 Å². The normalized spacial score (nSPS) is 22.4. The summed E-state index contributed by atoms with van der Waals surface area (Å²) in [6, 6.07) is 3.33. The lowest BCUT2D eigenvalue weighted by molar-refractivity contribution is -0.141. The Bertz CT molecular complexity index is 517. The molecule has 1 N–H and O–H groups in total. The maximum Gasteiger partial charge on any atom is 0.247 e. The molecule has 1 aliphatic heterocycles. The van der Waals surface area contributed by atoms with Crippen molar-refractivity contribution in [2.45, 2.75) is 51.7 Å². The van der Waals surface area contributed by atoms with E-state index in [9.17, 15) is 9.59 Å². The Labute approximate surface area is 128 Å². The van der Waals surface area contributed by atoms with Gasteiger partial charge in [0.25, 0.3) is 0 Å². The smallest absolute Gasteiger partial charge is 0.247 e. The highest BCUT2D eigenvalue weighted by Crippen LogP contribution is 2.28. The topological polar surface area (TPSA) is 49.4 Å². The van der Waals surface area contributed by atoms with E-state index in [2.05, 4.69) is 5.32 Å². The van der Waals surface area contributed by atoms with E-state index in [1.807, 2.05) is 32.9 Å². The largest absolute Gasteiger partial charge is 0.298 e. The fourth-order valence-corrected chi connectivity index (χ4v) is 3.44. The van der Waals surface area contributed by atoms with Crippen molar-refractivity contribution in [1.29, 1.82) is 0 Å². The summed E-state index contributed by atoms with van der Waals surface area (Å²) < 4.78 is 0.726. The first-order valence-electron chi connectivity index (χ1n) is 6.81. The molecule has 2 amide bonds. The van der Waals surface area contributed by atoms with Gasteiger partial charge in [-0.25, -0.2) is 0 Å². The molecule has 0 saturated carbocycles. The second kappa shape index (κ2) is 6.24. The molecule has 4 nitrogen and oxygen atoms in total. The third kappa shape index (κ3) is 3.05. The van der Waals surface area contributed by atoms with E-state index in [4.69, 9.17) is 11.6 Å². The molecule has 6 heteroatoms. The Morgan fingerprint density at radius 1 is 1.45 bits per heavy atom. The average Bonchev–Trinajstić information content (AvgIpc) is 2.94. The zero-order valence-corrected chi connectivity index (χ0v) is 13.4. The summed E-state index contributed by atoms with van der Waals surface area (Å²) in [5.74, 6) is -0.197. The van der Waals surface area contributed by atoms with Crippen molar-refractivity contribution in [3.63, 3.8) is 0 Å². The molecule has 1 saturated heterocycles. The van der Waals surface area contributed by atoms with E-state index in [-0.39, 0.29) is 30.3 Å². The minimum atomic E-state index is -0.424. The van der Waals surface area contributed by atoms with Gasteiger partial charge in [0.2, 0.25) is 11.8 Å². The number of thiophene rings is 1. The highest BCUT2D eigenvalue weighted by molar-refractivity contribution is 7.16. The number of hydrogen-bond acceptors (Lipinski definition) is 4. The highest BCUT2D eigenvalue weighted by Gasteiger charge is 2.41. The molecule has 1 fully saturated rings. The van der Waals surface area contributed by atoms with Gasteiger partial charge in [-0.15, -0.1) is 11.3 Å². The molecule has 110 valence electrons. The van der Waals surface area contributed by atoms with Crippen molar-refractivity contribution in [3.8, 4) is 0 Å². The van der Waals surface area contributed by atoms with Crippen LogP contribution in [-0.2, 0) is 9.59 Å². The second-order valence-corrected chi connectivity index (χ2v) is 6.89. The van der Waals surface area contributed by atoms with Crippen LogP contribution in [0.2, 0.25) is 4.34 Å². The van der Waals surface area contributed by atoms with E-state index in [0.29, 0.717) is 0 Å². The first kappa shape index (κ1) is 15.5. The third-order valence-corrected chi connectivity index (χ3v) is 5.10. The van der Waals surface area contributed by atoms with Crippen LogP contribution in [0.4, 0.5) is 0 Å². The molecule has 0 aromatic carbocycles. The maximum atomic E-state index is 12.3. The molecular weight excluding hydrogens is 296 g/mol. The van der Waals surface area contributed by atoms with Crippen LogP contribution in [0.3, 0.4) is 0 Å². The van der Waals surface area contributed by atoms with Gasteiger partial charge in [0, 0.05) is 17.0 Å². The monoisotopic (exact) mass is 314 g/mol. The number of hydrogen-bond donors (Lipinski definition) is 1. The molecule has 1 aliphatic rings. The first-order valence-corrected chi connectivity index (χ1v) is 8.00. The van der Waals surface area contributed by atoms with Gasteiger partial charge in [-0.2, -0.15) is 0 Å². The van der Waals surface area contributed by atoms with Gasteiger partial charge in [0.1, 0.15) is 0 Å². The Morgan fingerprint density at radius 3 is 2.70 bits per heavy atom. The molecule has 3 unspecified atom stereocenters. The fourth-order valence-electron chi connectivity index (χ4n) is 2.37. The molecule has 1 aromatic heterocycles. The van der Waals surface area contributed by atoms with Crippen LogP contribution < -0.4 is 5.32 Å². The predicted molar refractivity (Wildman–Crippen MR) is 80.9 cm³/mol. The van der Waals surface area contributed by atoms with Crippen LogP contribution in [0.25, 0.3) is 0 Å². The molecule has 20 heavy (non-hydrogen) atoms. The summed E-state index contributed by atoms with van der Waals surface area (Å²) >= 11 is 7.40. The molecule has 3 atom stereocenters. The van der Waals surface area contributed by atoms with E-state index in [1.165, 1.54) is 16.2 Å². The minimum absolute atomic E-state index is 0.00568. The summed E-state index contributed by atoms with van der Waals surface area (Å²) in [6.07, 6.45) is 1.02. The number of amides is 2. The van der Waals surface area contributed by atoms with Gasteiger partial charge in [0.15, 0.2) is 0 Å².